The average molecular weight is 413 g/mol. The van der Waals surface area contributed by atoms with Crippen molar-refractivity contribution in [2.75, 3.05) is 25.0 Å². The van der Waals surface area contributed by atoms with Crippen LogP contribution in [0.2, 0.25) is 0 Å². The van der Waals surface area contributed by atoms with Crippen molar-refractivity contribution >= 4 is 11.7 Å². The molecule has 1 amide bonds. The number of likely N-dealkylation sites (N-methyl/N-ethyl adjacent to an activating group) is 1. The molecule has 2 N–H and O–H groups in total. The highest BCUT2D eigenvalue weighted by molar-refractivity contribution is 5.82. The zero-order valence-corrected chi connectivity index (χ0v) is 17.5. The van der Waals surface area contributed by atoms with E-state index in [0.717, 1.165) is 38.1 Å². The third kappa shape index (κ3) is 5.21. The predicted octanol–water partition coefficient (Wildman–Crippen LogP) is 3.46. The van der Waals surface area contributed by atoms with Crippen LogP contribution in [0.15, 0.2) is 18.3 Å². The topological polar surface area (TPSA) is 57.3 Å². The molecule has 2 heterocycles. The number of alkyl halides is 3. The van der Waals surface area contributed by atoms with E-state index in [1.54, 1.807) is 7.05 Å². The van der Waals surface area contributed by atoms with Crippen LogP contribution in [0.1, 0.15) is 45.6 Å². The highest BCUT2D eigenvalue weighted by Crippen LogP contribution is 2.40. The third-order valence-corrected chi connectivity index (χ3v) is 6.07. The van der Waals surface area contributed by atoms with E-state index in [1.807, 2.05) is 4.90 Å². The minimum absolute atomic E-state index is 0.0270. The molecular formula is C21H31F3N4O. The number of amides is 1. The lowest BCUT2D eigenvalue weighted by molar-refractivity contribution is -0.137. The zero-order valence-electron chi connectivity index (χ0n) is 17.5. The number of nitrogens with zero attached hydrogens (tertiary/aromatic N) is 2. The van der Waals surface area contributed by atoms with Crippen molar-refractivity contribution in [3.05, 3.63) is 23.9 Å². The lowest BCUT2D eigenvalue weighted by Gasteiger charge is -2.28. The van der Waals surface area contributed by atoms with E-state index in [9.17, 15) is 18.0 Å². The van der Waals surface area contributed by atoms with E-state index in [1.165, 1.54) is 6.07 Å². The summed E-state index contributed by atoms with van der Waals surface area (Å²) in [5.41, 5.74) is -0.690. The number of rotatable bonds is 5. The van der Waals surface area contributed by atoms with E-state index in [-0.39, 0.29) is 23.4 Å². The Kier molecular flexibility index (Phi) is 6.13. The van der Waals surface area contributed by atoms with Gasteiger partial charge in [0.1, 0.15) is 5.82 Å². The molecule has 0 radical (unpaired) electrons. The Bertz CT molecular complexity index is 714. The number of fused-ring (bicyclic) bond motifs is 1. The maximum Gasteiger partial charge on any atom is 0.417 e. The van der Waals surface area contributed by atoms with Gasteiger partial charge >= 0.3 is 6.18 Å². The molecule has 0 bridgehead atoms. The van der Waals surface area contributed by atoms with Crippen molar-refractivity contribution in [2.24, 2.45) is 17.3 Å². The first-order valence-corrected chi connectivity index (χ1v) is 10.2. The first kappa shape index (κ1) is 21.9. The minimum Gasteiger partial charge on any atom is -0.356 e. The van der Waals surface area contributed by atoms with Crippen molar-refractivity contribution in [3.63, 3.8) is 0 Å². The number of hydrogen-bond donors (Lipinski definition) is 2. The van der Waals surface area contributed by atoms with Crippen LogP contribution in [-0.2, 0) is 11.0 Å². The van der Waals surface area contributed by atoms with Crippen LogP contribution in [0.3, 0.4) is 0 Å². The van der Waals surface area contributed by atoms with Crippen molar-refractivity contribution in [2.45, 2.75) is 58.3 Å². The van der Waals surface area contributed by atoms with E-state index in [4.69, 9.17) is 0 Å². The van der Waals surface area contributed by atoms with E-state index < -0.39 is 11.7 Å². The molecular weight excluding hydrogens is 381 g/mol. The second-order valence-electron chi connectivity index (χ2n) is 9.53. The van der Waals surface area contributed by atoms with Gasteiger partial charge in [0.2, 0.25) is 5.91 Å². The Hall–Kier alpha value is -1.83. The van der Waals surface area contributed by atoms with Crippen LogP contribution in [0.4, 0.5) is 19.0 Å². The molecule has 2 fully saturated rings. The predicted molar refractivity (Wildman–Crippen MR) is 107 cm³/mol. The van der Waals surface area contributed by atoms with Crippen LogP contribution in [0.5, 0.6) is 0 Å². The number of hydrogen-bond acceptors (Lipinski definition) is 4. The first-order valence-electron chi connectivity index (χ1n) is 10.2. The van der Waals surface area contributed by atoms with Gasteiger partial charge in [-0.05, 0) is 49.8 Å². The summed E-state index contributed by atoms with van der Waals surface area (Å²) in [7, 11) is 1.81. The number of carbonyl (C=O) groups excluding carboxylic acids is 1. The molecule has 1 saturated carbocycles. The van der Waals surface area contributed by atoms with Crippen molar-refractivity contribution in [1.82, 2.24) is 15.6 Å². The monoisotopic (exact) mass is 412 g/mol. The van der Waals surface area contributed by atoms with Gasteiger partial charge in [0, 0.05) is 31.2 Å². The molecule has 1 saturated heterocycles. The van der Waals surface area contributed by atoms with Crippen LogP contribution < -0.4 is 15.5 Å². The Morgan fingerprint density at radius 3 is 2.52 bits per heavy atom. The standard InChI is InChI=1S/C21H31F3N4O/c1-20(2,3)9-17(25-4)19(29)27-16-7-5-13-11-28(12-15(13)16)18-8-6-14(10-26-18)21(22,23)24/h6,8,10,13,15-17,25H,5,7,9,11-12H2,1-4H3,(H,27,29)/t13-,15+,16+,17+/m1/s1. The molecule has 4 atom stereocenters. The van der Waals surface area contributed by atoms with Crippen LogP contribution >= 0.6 is 0 Å². The van der Waals surface area contributed by atoms with Gasteiger partial charge in [-0.3, -0.25) is 4.79 Å². The van der Waals surface area contributed by atoms with Crippen LogP contribution in [0, 0.1) is 17.3 Å². The van der Waals surface area contributed by atoms with Gasteiger partial charge in [0.25, 0.3) is 0 Å². The fourth-order valence-electron chi connectivity index (χ4n) is 4.59. The summed E-state index contributed by atoms with van der Waals surface area (Å²) in [6, 6.07) is 2.39. The normalized spacial score (nSPS) is 25.8. The second-order valence-corrected chi connectivity index (χ2v) is 9.53. The largest absolute Gasteiger partial charge is 0.417 e. The summed E-state index contributed by atoms with van der Waals surface area (Å²) in [6.07, 6.45) is -0.776. The van der Waals surface area contributed by atoms with E-state index in [2.05, 4.69) is 36.4 Å². The van der Waals surface area contributed by atoms with Gasteiger partial charge in [-0.15, -0.1) is 0 Å². The SMILES string of the molecule is CN[C@@H](CC(C)(C)C)C(=O)N[C@H]1CC[C@@H]2CN(c3ccc(C(F)(F)F)cn3)C[C@@H]21. The third-order valence-electron chi connectivity index (χ3n) is 6.07. The zero-order chi connectivity index (χ0) is 21.4. The fourth-order valence-corrected chi connectivity index (χ4v) is 4.59. The molecule has 1 aromatic rings. The van der Waals surface area contributed by atoms with E-state index in [0.29, 0.717) is 24.2 Å². The van der Waals surface area contributed by atoms with Gasteiger partial charge in [0.15, 0.2) is 0 Å². The Balaban J connectivity index is 1.61. The first-order chi connectivity index (χ1) is 13.5. The lowest BCUT2D eigenvalue weighted by atomic mass is 9.87. The molecule has 1 aromatic heterocycles. The van der Waals surface area contributed by atoms with Crippen molar-refractivity contribution in [1.29, 1.82) is 0 Å². The van der Waals surface area contributed by atoms with Gasteiger partial charge < -0.3 is 15.5 Å². The molecule has 0 unspecified atom stereocenters. The molecule has 2 aliphatic rings. The Labute approximate surface area is 170 Å². The van der Waals surface area contributed by atoms with Gasteiger partial charge in [0.05, 0.1) is 11.6 Å². The molecule has 0 spiro atoms. The highest BCUT2D eigenvalue weighted by atomic mass is 19.4. The average Bonchev–Trinajstić information content (AvgIpc) is 3.20. The summed E-state index contributed by atoms with van der Waals surface area (Å²) in [6.45, 7) is 7.82. The molecule has 5 nitrogen and oxygen atoms in total. The molecule has 0 aromatic carbocycles. The van der Waals surface area contributed by atoms with Gasteiger partial charge in [-0.1, -0.05) is 20.8 Å². The van der Waals surface area contributed by atoms with E-state index >= 15 is 0 Å². The number of anilines is 1. The Morgan fingerprint density at radius 2 is 1.97 bits per heavy atom. The Morgan fingerprint density at radius 1 is 1.24 bits per heavy atom. The molecule has 1 aliphatic heterocycles. The number of carbonyl (C=O) groups is 1. The highest BCUT2D eigenvalue weighted by Gasteiger charge is 2.44. The maximum absolute atomic E-state index is 12.8. The number of pyridine rings is 1. The molecule has 29 heavy (non-hydrogen) atoms. The smallest absolute Gasteiger partial charge is 0.356 e. The van der Waals surface area contributed by atoms with Crippen LogP contribution in [0.25, 0.3) is 0 Å². The van der Waals surface area contributed by atoms with Gasteiger partial charge in [-0.2, -0.15) is 13.2 Å². The van der Waals surface area contributed by atoms with Crippen molar-refractivity contribution in [3.8, 4) is 0 Å². The number of nitrogens with one attached hydrogen (secondary N) is 2. The van der Waals surface area contributed by atoms with Crippen molar-refractivity contribution < 1.29 is 18.0 Å². The second kappa shape index (κ2) is 8.13. The molecule has 8 heteroatoms. The summed E-state index contributed by atoms with van der Waals surface area (Å²) < 4.78 is 38.3. The number of aromatic nitrogens is 1. The van der Waals surface area contributed by atoms with Crippen LogP contribution in [-0.4, -0.2) is 43.1 Å². The quantitative estimate of drug-likeness (QED) is 0.778. The fraction of sp³-hybridized carbons (Fsp3) is 0.714. The summed E-state index contributed by atoms with van der Waals surface area (Å²) >= 11 is 0. The number of halogens is 3. The molecule has 1 aliphatic carbocycles. The molecule has 162 valence electrons. The van der Waals surface area contributed by atoms with Gasteiger partial charge in [-0.25, -0.2) is 4.98 Å². The minimum atomic E-state index is -4.38. The summed E-state index contributed by atoms with van der Waals surface area (Å²) in [4.78, 5) is 18.8. The maximum atomic E-state index is 12.8. The lowest BCUT2D eigenvalue weighted by Crippen LogP contribution is -2.49. The molecule has 3 rings (SSSR count). The summed E-state index contributed by atoms with van der Waals surface area (Å²) in [5.74, 6) is 1.33. The summed E-state index contributed by atoms with van der Waals surface area (Å²) in [5, 5.41) is 6.35.